The van der Waals surface area contributed by atoms with Crippen LogP contribution in [0, 0.1) is 0 Å². The van der Waals surface area contributed by atoms with Gasteiger partial charge < -0.3 is 15.0 Å². The molecule has 1 amide bonds. The number of aromatic nitrogens is 2. The number of fused-ring (bicyclic) bond motifs is 2. The highest BCUT2D eigenvalue weighted by Crippen LogP contribution is 2.39. The molecule has 0 saturated carbocycles. The number of nitrogens with zero attached hydrogens (tertiary/aromatic N) is 1. The zero-order chi connectivity index (χ0) is 24.4. The van der Waals surface area contributed by atoms with Gasteiger partial charge in [0.05, 0.1) is 23.6 Å². The number of thiophene rings is 1. The first kappa shape index (κ1) is 23.6. The topological polar surface area (TPSA) is 84.1 Å². The molecule has 0 bridgehead atoms. The number of anilines is 1. The molecule has 4 aromatic rings. The van der Waals surface area contributed by atoms with E-state index in [1.54, 1.807) is 13.1 Å². The van der Waals surface area contributed by atoms with E-state index in [1.807, 2.05) is 36.4 Å². The lowest BCUT2D eigenvalue weighted by atomic mass is 10.0. The molecule has 3 heterocycles. The molecule has 2 N–H and O–H groups in total. The highest BCUT2D eigenvalue weighted by atomic mass is 35.5. The Hall–Kier alpha value is -3.16. The normalized spacial score (nSPS) is 12.6. The molecule has 1 aromatic carbocycles. The van der Waals surface area contributed by atoms with Crippen molar-refractivity contribution in [3.8, 4) is 11.4 Å². The van der Waals surface area contributed by atoms with Crippen molar-refractivity contribution in [1.82, 2.24) is 9.97 Å². The number of pyridine rings is 1. The fourth-order valence-electron chi connectivity index (χ4n) is 4.74. The first-order chi connectivity index (χ1) is 17.0. The van der Waals surface area contributed by atoms with Crippen molar-refractivity contribution in [2.45, 2.75) is 45.4 Å². The van der Waals surface area contributed by atoms with Gasteiger partial charge in [-0.2, -0.15) is 0 Å². The molecule has 1 aliphatic carbocycles. The quantitative estimate of drug-likeness (QED) is 0.264. The Morgan fingerprint density at radius 1 is 1.23 bits per heavy atom. The van der Waals surface area contributed by atoms with Crippen molar-refractivity contribution in [3.05, 3.63) is 69.2 Å². The minimum absolute atomic E-state index is 0.104. The summed E-state index contributed by atoms with van der Waals surface area (Å²) in [5.74, 6) is -0.453. The molecule has 0 radical (unpaired) electrons. The summed E-state index contributed by atoms with van der Waals surface area (Å²) in [5.41, 5.74) is 5.47. The van der Waals surface area contributed by atoms with Gasteiger partial charge in [-0.1, -0.05) is 17.7 Å². The van der Waals surface area contributed by atoms with Gasteiger partial charge in [0.2, 0.25) is 5.91 Å². The molecule has 8 heteroatoms. The van der Waals surface area contributed by atoms with Crippen LogP contribution in [0.3, 0.4) is 0 Å². The van der Waals surface area contributed by atoms with E-state index in [0.29, 0.717) is 41.5 Å². The van der Waals surface area contributed by atoms with Crippen LogP contribution >= 0.6 is 22.9 Å². The Balaban J connectivity index is 1.32. The van der Waals surface area contributed by atoms with Gasteiger partial charge in [-0.3, -0.25) is 9.78 Å². The van der Waals surface area contributed by atoms with Gasteiger partial charge in [-0.15, -0.1) is 11.3 Å². The maximum Gasteiger partial charge on any atom is 0.341 e. The third kappa shape index (κ3) is 4.83. The predicted molar refractivity (Wildman–Crippen MR) is 140 cm³/mol. The lowest BCUT2D eigenvalue weighted by Gasteiger charge is -2.08. The van der Waals surface area contributed by atoms with E-state index < -0.39 is 0 Å². The first-order valence-electron chi connectivity index (χ1n) is 11.9. The van der Waals surface area contributed by atoms with Gasteiger partial charge in [-0.05, 0) is 80.5 Å². The summed E-state index contributed by atoms with van der Waals surface area (Å²) in [7, 11) is 0. The van der Waals surface area contributed by atoms with E-state index in [9.17, 15) is 9.59 Å². The summed E-state index contributed by atoms with van der Waals surface area (Å²) >= 11 is 7.79. The van der Waals surface area contributed by atoms with E-state index in [0.717, 1.165) is 52.7 Å². The molecule has 0 atom stereocenters. The summed E-state index contributed by atoms with van der Waals surface area (Å²) in [6.07, 6.45) is 6.27. The number of benzene rings is 1. The smallest absolute Gasteiger partial charge is 0.341 e. The lowest BCUT2D eigenvalue weighted by Crippen LogP contribution is -2.15. The molecule has 0 saturated heterocycles. The summed E-state index contributed by atoms with van der Waals surface area (Å²) in [6.45, 7) is 2.10. The van der Waals surface area contributed by atoms with Crippen LogP contribution in [-0.2, 0) is 28.8 Å². The van der Waals surface area contributed by atoms with Crippen LogP contribution in [0.5, 0.6) is 0 Å². The highest BCUT2D eigenvalue weighted by molar-refractivity contribution is 7.17. The number of carbonyl (C=O) groups is 2. The average Bonchev–Trinajstić information content (AvgIpc) is 3.53. The van der Waals surface area contributed by atoms with E-state index in [-0.39, 0.29) is 11.9 Å². The number of halogens is 1. The molecule has 180 valence electrons. The molecular formula is C27H26ClN3O3S. The Morgan fingerprint density at radius 2 is 2.11 bits per heavy atom. The molecule has 5 rings (SSSR count). The Labute approximate surface area is 212 Å². The number of amides is 1. The van der Waals surface area contributed by atoms with Gasteiger partial charge in [-0.25, -0.2) is 4.79 Å². The third-order valence-corrected chi connectivity index (χ3v) is 7.72. The van der Waals surface area contributed by atoms with Crippen LogP contribution in [0.4, 0.5) is 5.00 Å². The fraction of sp³-hybridized carbons (Fsp3) is 0.296. The standard InChI is InChI=1S/C27H26ClN3O3S/c1-2-34-27(33)24-18-8-5-10-22(18)35-26(24)31-23(32)11-6-7-17-19-15-16(28)12-13-20(19)30-25(17)21-9-3-4-14-29-21/h3-4,9,12-15,30H,2,5-8,10-11H2,1H3,(H,31,32). The number of aryl methyl sites for hydroxylation is 2. The SMILES string of the molecule is CCOC(=O)c1c(NC(=O)CCCc2c(-c3ccccn3)[nH]c3ccc(Cl)cc23)sc2c1CCC2. The monoisotopic (exact) mass is 507 g/mol. The number of hydrogen-bond donors (Lipinski definition) is 2. The first-order valence-corrected chi connectivity index (χ1v) is 13.1. The predicted octanol–water partition coefficient (Wildman–Crippen LogP) is 6.57. The highest BCUT2D eigenvalue weighted by Gasteiger charge is 2.28. The second-order valence-electron chi connectivity index (χ2n) is 8.57. The number of ether oxygens (including phenoxy) is 1. The summed E-state index contributed by atoms with van der Waals surface area (Å²) in [6, 6.07) is 11.6. The summed E-state index contributed by atoms with van der Waals surface area (Å²) in [5, 5.41) is 5.31. The molecule has 0 unspecified atom stereocenters. The van der Waals surface area contributed by atoms with Gasteiger partial charge >= 0.3 is 5.97 Å². The zero-order valence-electron chi connectivity index (χ0n) is 19.4. The second-order valence-corrected chi connectivity index (χ2v) is 10.1. The second kappa shape index (κ2) is 10.2. The molecular weight excluding hydrogens is 482 g/mol. The minimum atomic E-state index is -0.349. The molecule has 1 aliphatic rings. The maximum atomic E-state index is 12.9. The number of carbonyl (C=O) groups excluding carboxylic acids is 2. The number of aromatic amines is 1. The molecule has 0 fully saturated rings. The van der Waals surface area contributed by atoms with Crippen LogP contribution in [0.2, 0.25) is 5.02 Å². The molecule has 6 nitrogen and oxygen atoms in total. The van der Waals surface area contributed by atoms with Gasteiger partial charge in [0.25, 0.3) is 0 Å². The molecule has 0 spiro atoms. The van der Waals surface area contributed by atoms with E-state index in [1.165, 1.54) is 16.2 Å². The molecule has 3 aromatic heterocycles. The number of rotatable bonds is 8. The van der Waals surface area contributed by atoms with Crippen LogP contribution < -0.4 is 5.32 Å². The summed E-state index contributed by atoms with van der Waals surface area (Å²) < 4.78 is 5.27. The van der Waals surface area contributed by atoms with Crippen LogP contribution in [-0.4, -0.2) is 28.5 Å². The Bertz CT molecular complexity index is 1390. The van der Waals surface area contributed by atoms with Crippen molar-refractivity contribution in [3.63, 3.8) is 0 Å². The van der Waals surface area contributed by atoms with Crippen molar-refractivity contribution in [1.29, 1.82) is 0 Å². The Morgan fingerprint density at radius 3 is 2.91 bits per heavy atom. The van der Waals surface area contributed by atoms with Gasteiger partial charge in [0.15, 0.2) is 0 Å². The van der Waals surface area contributed by atoms with E-state index in [4.69, 9.17) is 16.3 Å². The van der Waals surface area contributed by atoms with Crippen molar-refractivity contribution >= 4 is 50.7 Å². The van der Waals surface area contributed by atoms with Gasteiger partial charge in [0.1, 0.15) is 5.00 Å². The average molecular weight is 508 g/mol. The maximum absolute atomic E-state index is 12.9. The Kier molecular flexibility index (Phi) is 6.88. The summed E-state index contributed by atoms with van der Waals surface area (Å²) in [4.78, 5) is 34.6. The lowest BCUT2D eigenvalue weighted by molar-refractivity contribution is -0.116. The van der Waals surface area contributed by atoms with E-state index in [2.05, 4.69) is 15.3 Å². The third-order valence-electron chi connectivity index (χ3n) is 6.27. The number of esters is 1. The van der Waals surface area contributed by atoms with Crippen molar-refractivity contribution < 1.29 is 14.3 Å². The minimum Gasteiger partial charge on any atom is -0.462 e. The number of H-pyrrole nitrogens is 1. The number of hydrogen-bond acceptors (Lipinski definition) is 5. The van der Waals surface area contributed by atoms with Crippen LogP contribution in [0.1, 0.15) is 52.5 Å². The number of nitrogens with one attached hydrogen (secondary N) is 2. The van der Waals surface area contributed by atoms with Crippen molar-refractivity contribution in [2.75, 3.05) is 11.9 Å². The van der Waals surface area contributed by atoms with Crippen LogP contribution in [0.25, 0.3) is 22.3 Å². The van der Waals surface area contributed by atoms with E-state index >= 15 is 0 Å². The molecule has 0 aliphatic heterocycles. The van der Waals surface area contributed by atoms with Crippen LogP contribution in [0.15, 0.2) is 42.6 Å². The van der Waals surface area contributed by atoms with Gasteiger partial charge in [0, 0.05) is 33.4 Å². The molecule has 35 heavy (non-hydrogen) atoms. The largest absolute Gasteiger partial charge is 0.462 e. The fourth-order valence-corrected chi connectivity index (χ4v) is 6.20. The van der Waals surface area contributed by atoms with Crippen molar-refractivity contribution in [2.24, 2.45) is 0 Å². The zero-order valence-corrected chi connectivity index (χ0v) is 21.0.